The molecule has 0 amide bonds. The molecule has 112 valence electrons. The Balaban J connectivity index is 2.90. The normalized spacial score (nSPS) is 12.2. The zero-order chi connectivity index (χ0) is 15.4. The van der Waals surface area contributed by atoms with Crippen molar-refractivity contribution in [1.82, 2.24) is 4.72 Å². The first-order valence-corrected chi connectivity index (χ1v) is 7.64. The van der Waals surface area contributed by atoms with E-state index < -0.39 is 21.5 Å². The Hall–Kier alpha value is -1.44. The fourth-order valence-corrected chi connectivity index (χ4v) is 3.21. The summed E-state index contributed by atoms with van der Waals surface area (Å²) < 4.78 is 31.0. The Morgan fingerprint density at radius 1 is 1.40 bits per heavy atom. The van der Waals surface area contributed by atoms with Crippen molar-refractivity contribution in [3.8, 4) is 0 Å². The lowest BCUT2D eigenvalue weighted by atomic mass is 10.1. The summed E-state index contributed by atoms with van der Waals surface area (Å²) in [6.07, 6.45) is 0. The van der Waals surface area contributed by atoms with Gasteiger partial charge in [0, 0.05) is 0 Å². The molecule has 6 nitrogen and oxygen atoms in total. The van der Waals surface area contributed by atoms with E-state index >= 15 is 0 Å². The van der Waals surface area contributed by atoms with E-state index in [1.54, 1.807) is 32.0 Å². The van der Waals surface area contributed by atoms with Crippen molar-refractivity contribution >= 4 is 16.0 Å². The minimum Gasteiger partial charge on any atom is -0.465 e. The van der Waals surface area contributed by atoms with Crippen molar-refractivity contribution < 1.29 is 23.1 Å². The number of hydrogen-bond donors (Lipinski definition) is 2. The van der Waals surface area contributed by atoms with E-state index in [0.29, 0.717) is 11.1 Å². The number of nitrogens with one attached hydrogen (secondary N) is 1. The number of aliphatic hydroxyl groups excluding tert-OH is 1. The number of hydrogen-bond acceptors (Lipinski definition) is 5. The molecular weight excluding hydrogens is 282 g/mol. The SMILES string of the molecule is COC(=O)c1cccc(CS(=O)(=O)NC(C)(C)CO)c1. The largest absolute Gasteiger partial charge is 0.465 e. The van der Waals surface area contributed by atoms with Crippen LogP contribution < -0.4 is 4.72 Å². The Morgan fingerprint density at radius 2 is 2.05 bits per heavy atom. The monoisotopic (exact) mass is 301 g/mol. The molecule has 20 heavy (non-hydrogen) atoms. The zero-order valence-electron chi connectivity index (χ0n) is 11.7. The molecule has 0 heterocycles. The van der Waals surface area contributed by atoms with E-state index in [9.17, 15) is 13.2 Å². The van der Waals surface area contributed by atoms with Gasteiger partial charge in [-0.2, -0.15) is 0 Å². The molecule has 0 spiro atoms. The fourth-order valence-electron chi connectivity index (χ4n) is 1.61. The van der Waals surface area contributed by atoms with Gasteiger partial charge in [0.15, 0.2) is 0 Å². The fraction of sp³-hybridized carbons (Fsp3) is 0.462. The predicted octanol–water partition coefficient (Wildman–Crippen LogP) is 0.663. The van der Waals surface area contributed by atoms with Crippen LogP contribution in [-0.2, 0) is 20.5 Å². The predicted molar refractivity (Wildman–Crippen MR) is 74.7 cm³/mol. The standard InChI is InChI=1S/C13H19NO5S/c1-13(2,9-15)14-20(17,18)8-10-5-4-6-11(7-10)12(16)19-3/h4-7,14-15H,8-9H2,1-3H3. The van der Waals surface area contributed by atoms with Gasteiger partial charge in [0.05, 0.1) is 30.6 Å². The molecule has 0 fully saturated rings. The summed E-state index contributed by atoms with van der Waals surface area (Å²) in [6, 6.07) is 6.22. The minimum absolute atomic E-state index is 0.277. The number of aliphatic hydroxyl groups is 1. The van der Waals surface area contributed by atoms with Gasteiger partial charge < -0.3 is 9.84 Å². The summed E-state index contributed by atoms with van der Waals surface area (Å²) >= 11 is 0. The Bertz CT molecular complexity index is 580. The smallest absolute Gasteiger partial charge is 0.337 e. The van der Waals surface area contributed by atoms with Crippen LogP contribution in [0.3, 0.4) is 0 Å². The number of methoxy groups -OCH3 is 1. The highest BCUT2D eigenvalue weighted by atomic mass is 32.2. The molecule has 2 N–H and O–H groups in total. The second-order valence-corrected chi connectivity index (χ2v) is 6.82. The summed E-state index contributed by atoms with van der Waals surface area (Å²) in [7, 11) is -2.35. The van der Waals surface area contributed by atoms with E-state index in [0.717, 1.165) is 0 Å². The molecule has 0 unspecified atom stereocenters. The summed E-state index contributed by atoms with van der Waals surface area (Å²) in [4.78, 5) is 11.4. The topological polar surface area (TPSA) is 92.7 Å². The highest BCUT2D eigenvalue weighted by Gasteiger charge is 2.24. The summed E-state index contributed by atoms with van der Waals surface area (Å²) in [5.74, 6) is -0.797. The Kier molecular flexibility index (Phi) is 5.27. The van der Waals surface area contributed by atoms with Gasteiger partial charge in [0.1, 0.15) is 0 Å². The van der Waals surface area contributed by atoms with Crippen molar-refractivity contribution in [2.45, 2.75) is 25.1 Å². The maximum Gasteiger partial charge on any atom is 0.337 e. The average Bonchev–Trinajstić information content (AvgIpc) is 2.36. The molecule has 0 aliphatic rings. The molecule has 0 aliphatic carbocycles. The van der Waals surface area contributed by atoms with Crippen molar-refractivity contribution in [1.29, 1.82) is 0 Å². The lowest BCUT2D eigenvalue weighted by molar-refractivity contribution is 0.0600. The molecule has 0 saturated carbocycles. The molecular formula is C13H19NO5S. The molecule has 1 rings (SSSR count). The van der Waals surface area contributed by atoms with E-state index in [1.807, 2.05) is 0 Å². The first-order chi connectivity index (χ1) is 9.19. The second-order valence-electron chi connectivity index (χ2n) is 5.10. The summed E-state index contributed by atoms with van der Waals surface area (Å²) in [5.41, 5.74) is -0.172. The van der Waals surface area contributed by atoms with Crippen molar-refractivity contribution in [2.24, 2.45) is 0 Å². The first-order valence-electron chi connectivity index (χ1n) is 5.99. The van der Waals surface area contributed by atoms with Gasteiger partial charge in [0.25, 0.3) is 0 Å². The molecule has 0 aliphatic heterocycles. The number of rotatable bonds is 6. The summed E-state index contributed by atoms with van der Waals surface area (Å²) in [6.45, 7) is 2.85. The molecule has 0 bridgehead atoms. The van der Waals surface area contributed by atoms with E-state index in [2.05, 4.69) is 9.46 Å². The van der Waals surface area contributed by atoms with Gasteiger partial charge in [-0.15, -0.1) is 0 Å². The molecule has 0 radical (unpaired) electrons. The molecule has 7 heteroatoms. The molecule has 0 saturated heterocycles. The van der Waals surface area contributed by atoms with Crippen LogP contribution >= 0.6 is 0 Å². The van der Waals surface area contributed by atoms with Gasteiger partial charge in [-0.1, -0.05) is 12.1 Å². The van der Waals surface area contributed by atoms with Crippen LogP contribution in [0.25, 0.3) is 0 Å². The number of benzene rings is 1. The molecule has 0 aromatic heterocycles. The number of carbonyl (C=O) groups is 1. The molecule has 1 aromatic rings. The Labute approximate surface area is 118 Å². The van der Waals surface area contributed by atoms with Gasteiger partial charge in [-0.05, 0) is 31.5 Å². The van der Waals surface area contributed by atoms with Gasteiger partial charge in [-0.25, -0.2) is 17.9 Å². The summed E-state index contributed by atoms with van der Waals surface area (Å²) in [5, 5.41) is 9.08. The number of ether oxygens (including phenoxy) is 1. The maximum absolute atomic E-state index is 12.0. The number of esters is 1. The van der Waals surface area contributed by atoms with Crippen LogP contribution in [0.1, 0.15) is 29.8 Å². The third-order valence-corrected chi connectivity index (χ3v) is 4.11. The Morgan fingerprint density at radius 3 is 2.60 bits per heavy atom. The lowest BCUT2D eigenvalue weighted by Gasteiger charge is -2.23. The number of sulfonamides is 1. The van der Waals surface area contributed by atoms with Crippen molar-refractivity contribution in [3.05, 3.63) is 35.4 Å². The maximum atomic E-state index is 12.0. The van der Waals surface area contributed by atoms with E-state index in [4.69, 9.17) is 5.11 Å². The first kappa shape index (κ1) is 16.6. The highest BCUT2D eigenvalue weighted by Crippen LogP contribution is 2.12. The van der Waals surface area contributed by atoms with Crippen LogP contribution in [0.15, 0.2) is 24.3 Å². The van der Waals surface area contributed by atoms with Crippen LogP contribution in [0.5, 0.6) is 0 Å². The van der Waals surface area contributed by atoms with Crippen LogP contribution in [0.2, 0.25) is 0 Å². The van der Waals surface area contributed by atoms with E-state index in [-0.39, 0.29) is 12.4 Å². The zero-order valence-corrected chi connectivity index (χ0v) is 12.5. The van der Waals surface area contributed by atoms with Gasteiger partial charge >= 0.3 is 5.97 Å². The third kappa shape index (κ3) is 4.92. The van der Waals surface area contributed by atoms with Gasteiger partial charge in [-0.3, -0.25) is 0 Å². The average molecular weight is 301 g/mol. The molecule has 0 atom stereocenters. The second kappa shape index (κ2) is 6.34. The van der Waals surface area contributed by atoms with Gasteiger partial charge in [0.2, 0.25) is 10.0 Å². The van der Waals surface area contributed by atoms with Crippen LogP contribution in [0, 0.1) is 0 Å². The van der Waals surface area contributed by atoms with E-state index in [1.165, 1.54) is 13.2 Å². The molecule has 1 aromatic carbocycles. The van der Waals surface area contributed by atoms with Crippen molar-refractivity contribution in [2.75, 3.05) is 13.7 Å². The quantitative estimate of drug-likeness (QED) is 0.753. The highest BCUT2D eigenvalue weighted by molar-refractivity contribution is 7.88. The van der Waals surface area contributed by atoms with Crippen molar-refractivity contribution in [3.63, 3.8) is 0 Å². The lowest BCUT2D eigenvalue weighted by Crippen LogP contribution is -2.46. The third-order valence-electron chi connectivity index (χ3n) is 2.53. The number of carbonyl (C=O) groups excluding carboxylic acids is 1. The minimum atomic E-state index is -3.62. The van der Waals surface area contributed by atoms with Crippen LogP contribution in [0.4, 0.5) is 0 Å². The van der Waals surface area contributed by atoms with Crippen LogP contribution in [-0.4, -0.2) is 38.7 Å².